The zero-order valence-electron chi connectivity index (χ0n) is 5.67. The van der Waals surface area contributed by atoms with Gasteiger partial charge in [0.05, 0.1) is 12.7 Å². The van der Waals surface area contributed by atoms with Crippen LogP contribution in [0.2, 0.25) is 0 Å². The minimum Gasteiger partial charge on any atom is -0.376 e. The second kappa shape index (κ2) is 3.15. The average Bonchev–Trinajstić information content (AvgIpc) is 1.82. The van der Waals surface area contributed by atoms with Gasteiger partial charge in [-0.25, -0.2) is 0 Å². The standard InChI is InChI=1S/C6H13NO2/c1-8-6-4-9-5(6)2-3-7/h5-6H,2-4,7H2,1H3. The summed E-state index contributed by atoms with van der Waals surface area (Å²) in [5.74, 6) is 0. The maximum atomic E-state index is 5.32. The third-order valence-corrected chi connectivity index (χ3v) is 1.64. The second-order valence-electron chi connectivity index (χ2n) is 2.22. The van der Waals surface area contributed by atoms with Crippen LogP contribution in [0.5, 0.6) is 0 Å². The van der Waals surface area contributed by atoms with Gasteiger partial charge in [0.1, 0.15) is 6.10 Å². The Labute approximate surface area is 55.1 Å². The summed E-state index contributed by atoms with van der Waals surface area (Å²) in [5, 5.41) is 0. The lowest BCUT2D eigenvalue weighted by Crippen LogP contribution is -2.47. The summed E-state index contributed by atoms with van der Waals surface area (Å²) in [6, 6.07) is 0. The highest BCUT2D eigenvalue weighted by molar-refractivity contribution is 4.79. The molecule has 0 amide bonds. The molecule has 0 spiro atoms. The summed E-state index contributed by atoms with van der Waals surface area (Å²) in [6.45, 7) is 1.42. The Hall–Kier alpha value is -0.120. The third-order valence-electron chi connectivity index (χ3n) is 1.64. The molecule has 9 heavy (non-hydrogen) atoms. The van der Waals surface area contributed by atoms with Gasteiger partial charge in [-0.1, -0.05) is 0 Å². The van der Waals surface area contributed by atoms with E-state index in [0.29, 0.717) is 12.6 Å². The summed E-state index contributed by atoms with van der Waals surface area (Å²) in [7, 11) is 1.71. The maximum absolute atomic E-state index is 5.32. The van der Waals surface area contributed by atoms with Gasteiger partial charge in [-0.15, -0.1) is 0 Å². The number of hydrogen-bond acceptors (Lipinski definition) is 3. The van der Waals surface area contributed by atoms with Crippen molar-refractivity contribution in [3.8, 4) is 0 Å². The van der Waals surface area contributed by atoms with E-state index in [0.717, 1.165) is 13.0 Å². The maximum Gasteiger partial charge on any atom is 0.107 e. The lowest BCUT2D eigenvalue weighted by Gasteiger charge is -2.35. The minimum atomic E-state index is 0.264. The molecule has 0 aromatic carbocycles. The fourth-order valence-corrected chi connectivity index (χ4v) is 0.964. The van der Waals surface area contributed by atoms with Gasteiger partial charge in [0, 0.05) is 7.11 Å². The molecule has 1 saturated heterocycles. The summed E-state index contributed by atoms with van der Waals surface area (Å²) < 4.78 is 10.2. The predicted molar refractivity (Wildman–Crippen MR) is 34.2 cm³/mol. The molecule has 1 heterocycles. The van der Waals surface area contributed by atoms with Gasteiger partial charge in [-0.05, 0) is 13.0 Å². The number of nitrogens with two attached hydrogens (primary N) is 1. The van der Waals surface area contributed by atoms with Crippen LogP contribution in [0.15, 0.2) is 0 Å². The van der Waals surface area contributed by atoms with Crippen molar-refractivity contribution in [3.63, 3.8) is 0 Å². The van der Waals surface area contributed by atoms with Crippen LogP contribution in [0, 0.1) is 0 Å². The van der Waals surface area contributed by atoms with Crippen molar-refractivity contribution in [1.29, 1.82) is 0 Å². The van der Waals surface area contributed by atoms with Gasteiger partial charge in [0.15, 0.2) is 0 Å². The lowest BCUT2D eigenvalue weighted by atomic mass is 10.1. The van der Waals surface area contributed by atoms with Crippen molar-refractivity contribution >= 4 is 0 Å². The van der Waals surface area contributed by atoms with E-state index in [9.17, 15) is 0 Å². The highest BCUT2D eigenvalue weighted by atomic mass is 16.6. The Balaban J connectivity index is 2.11. The molecule has 2 atom stereocenters. The molecule has 3 nitrogen and oxygen atoms in total. The van der Waals surface area contributed by atoms with Crippen LogP contribution in [0.1, 0.15) is 6.42 Å². The van der Waals surface area contributed by atoms with Gasteiger partial charge in [-0.3, -0.25) is 0 Å². The monoisotopic (exact) mass is 131 g/mol. The molecule has 54 valence electrons. The molecule has 0 bridgehead atoms. The SMILES string of the molecule is COC1COC1CCN. The van der Waals surface area contributed by atoms with Crippen molar-refractivity contribution < 1.29 is 9.47 Å². The van der Waals surface area contributed by atoms with Crippen LogP contribution in [-0.2, 0) is 9.47 Å². The Morgan fingerprint density at radius 1 is 1.78 bits per heavy atom. The normalized spacial score (nSPS) is 34.0. The number of rotatable bonds is 3. The average molecular weight is 131 g/mol. The van der Waals surface area contributed by atoms with Gasteiger partial charge in [-0.2, -0.15) is 0 Å². The van der Waals surface area contributed by atoms with Crippen LogP contribution in [0.4, 0.5) is 0 Å². The van der Waals surface area contributed by atoms with Crippen LogP contribution < -0.4 is 5.73 Å². The highest BCUT2D eigenvalue weighted by Gasteiger charge is 2.30. The first-order valence-corrected chi connectivity index (χ1v) is 3.23. The molecule has 3 heteroatoms. The van der Waals surface area contributed by atoms with Crippen LogP contribution >= 0.6 is 0 Å². The fraction of sp³-hybridized carbons (Fsp3) is 1.00. The minimum absolute atomic E-state index is 0.264. The summed E-state index contributed by atoms with van der Waals surface area (Å²) in [5.41, 5.74) is 5.32. The van der Waals surface area contributed by atoms with Gasteiger partial charge < -0.3 is 15.2 Å². The van der Waals surface area contributed by atoms with Crippen LogP contribution in [-0.4, -0.2) is 32.5 Å². The molecule has 0 aromatic rings. The first kappa shape index (κ1) is 6.99. The molecule has 1 fully saturated rings. The first-order chi connectivity index (χ1) is 4.38. The molecule has 0 aromatic heterocycles. The van der Waals surface area contributed by atoms with E-state index in [1.165, 1.54) is 0 Å². The van der Waals surface area contributed by atoms with E-state index < -0.39 is 0 Å². The van der Waals surface area contributed by atoms with Crippen LogP contribution in [0.25, 0.3) is 0 Å². The van der Waals surface area contributed by atoms with E-state index in [2.05, 4.69) is 0 Å². The van der Waals surface area contributed by atoms with Gasteiger partial charge >= 0.3 is 0 Å². The Kier molecular flexibility index (Phi) is 2.45. The molecule has 1 aliphatic heterocycles. The molecular weight excluding hydrogens is 118 g/mol. The van der Waals surface area contributed by atoms with E-state index in [4.69, 9.17) is 15.2 Å². The first-order valence-electron chi connectivity index (χ1n) is 3.23. The van der Waals surface area contributed by atoms with Crippen molar-refractivity contribution in [2.75, 3.05) is 20.3 Å². The Morgan fingerprint density at radius 2 is 2.56 bits per heavy atom. The van der Waals surface area contributed by atoms with Crippen LogP contribution in [0.3, 0.4) is 0 Å². The molecule has 1 aliphatic rings. The van der Waals surface area contributed by atoms with Crippen molar-refractivity contribution in [1.82, 2.24) is 0 Å². The zero-order valence-corrected chi connectivity index (χ0v) is 5.67. The fourth-order valence-electron chi connectivity index (χ4n) is 0.964. The van der Waals surface area contributed by atoms with E-state index in [-0.39, 0.29) is 6.10 Å². The molecular formula is C6H13NO2. The largest absolute Gasteiger partial charge is 0.376 e. The second-order valence-corrected chi connectivity index (χ2v) is 2.22. The van der Waals surface area contributed by atoms with E-state index >= 15 is 0 Å². The Bertz CT molecular complexity index is 85.1. The molecule has 0 aliphatic carbocycles. The van der Waals surface area contributed by atoms with Gasteiger partial charge in [0.2, 0.25) is 0 Å². The van der Waals surface area contributed by atoms with Crippen molar-refractivity contribution in [2.45, 2.75) is 18.6 Å². The van der Waals surface area contributed by atoms with Crippen molar-refractivity contribution in [2.24, 2.45) is 5.73 Å². The lowest BCUT2D eigenvalue weighted by molar-refractivity contribution is -0.177. The smallest absolute Gasteiger partial charge is 0.107 e. The predicted octanol–water partition coefficient (Wildman–Crippen LogP) is -0.251. The number of methoxy groups -OCH3 is 1. The molecule has 2 unspecified atom stereocenters. The molecule has 2 N–H and O–H groups in total. The summed E-state index contributed by atoms with van der Waals surface area (Å²) >= 11 is 0. The number of hydrogen-bond donors (Lipinski definition) is 1. The topological polar surface area (TPSA) is 44.5 Å². The summed E-state index contributed by atoms with van der Waals surface area (Å²) in [6.07, 6.45) is 1.48. The Morgan fingerprint density at radius 3 is 2.89 bits per heavy atom. The zero-order chi connectivity index (χ0) is 6.69. The molecule has 0 saturated carbocycles. The third kappa shape index (κ3) is 1.41. The quantitative estimate of drug-likeness (QED) is 0.574. The summed E-state index contributed by atoms with van der Waals surface area (Å²) in [4.78, 5) is 0. The highest BCUT2D eigenvalue weighted by Crippen LogP contribution is 2.17. The van der Waals surface area contributed by atoms with E-state index in [1.54, 1.807) is 7.11 Å². The molecule has 0 radical (unpaired) electrons. The van der Waals surface area contributed by atoms with E-state index in [1.807, 2.05) is 0 Å². The molecule has 1 rings (SSSR count). The van der Waals surface area contributed by atoms with Crippen molar-refractivity contribution in [3.05, 3.63) is 0 Å². The number of ether oxygens (including phenoxy) is 2. The van der Waals surface area contributed by atoms with Gasteiger partial charge in [0.25, 0.3) is 0 Å².